The summed E-state index contributed by atoms with van der Waals surface area (Å²) in [4.78, 5) is 21.5. The molecule has 24 heavy (non-hydrogen) atoms. The van der Waals surface area contributed by atoms with Crippen LogP contribution >= 0.6 is 0 Å². The number of amides is 1. The van der Waals surface area contributed by atoms with E-state index in [9.17, 15) is 4.79 Å². The molecule has 0 aliphatic carbocycles. The number of aromatic nitrogens is 3. The van der Waals surface area contributed by atoms with Gasteiger partial charge in [-0.05, 0) is 17.2 Å². The summed E-state index contributed by atoms with van der Waals surface area (Å²) >= 11 is 0. The van der Waals surface area contributed by atoms with Gasteiger partial charge in [-0.3, -0.25) is 9.78 Å². The molecule has 1 saturated heterocycles. The van der Waals surface area contributed by atoms with Gasteiger partial charge in [-0.2, -0.15) is 0 Å². The zero-order valence-electron chi connectivity index (χ0n) is 13.2. The highest BCUT2D eigenvalue weighted by molar-refractivity contribution is 5.73. The summed E-state index contributed by atoms with van der Waals surface area (Å²) < 4.78 is 7.62. The van der Waals surface area contributed by atoms with Crippen LogP contribution in [0.2, 0.25) is 0 Å². The lowest BCUT2D eigenvalue weighted by molar-refractivity contribution is -0.126. The van der Waals surface area contributed by atoms with E-state index in [1.165, 1.54) is 5.56 Å². The number of ether oxygens (including phenoxy) is 1. The molecular weight excluding hydrogens is 304 g/mol. The molecule has 6 heteroatoms. The van der Waals surface area contributed by atoms with E-state index in [-0.39, 0.29) is 6.04 Å². The molecule has 3 heterocycles. The standard InChI is InChI=1S/C18H18N4O2/c23-13-21-7-8-24-11-18(21)15-3-1-14(2-4-15)10-22-12-20-16-9-19-6-5-17(16)22/h1-6,9,12-13,18H,7-8,10-11H2. The highest BCUT2D eigenvalue weighted by Gasteiger charge is 2.22. The van der Waals surface area contributed by atoms with E-state index in [4.69, 9.17) is 4.74 Å². The Morgan fingerprint density at radius 2 is 2.12 bits per heavy atom. The molecule has 4 rings (SSSR count). The molecule has 1 aromatic carbocycles. The molecule has 1 aliphatic rings. The molecule has 0 spiro atoms. The van der Waals surface area contributed by atoms with E-state index in [2.05, 4.69) is 38.8 Å². The Morgan fingerprint density at radius 1 is 1.25 bits per heavy atom. The number of rotatable bonds is 4. The van der Waals surface area contributed by atoms with Crippen LogP contribution in [0.25, 0.3) is 11.0 Å². The number of benzene rings is 1. The number of carbonyl (C=O) groups excluding carboxylic acids is 1. The fraction of sp³-hybridized carbons (Fsp3) is 0.278. The number of hydrogen-bond acceptors (Lipinski definition) is 4. The second-order valence-electron chi connectivity index (χ2n) is 5.91. The molecule has 6 nitrogen and oxygen atoms in total. The lowest BCUT2D eigenvalue weighted by Crippen LogP contribution is -2.38. The van der Waals surface area contributed by atoms with Crippen LogP contribution in [-0.4, -0.2) is 45.6 Å². The molecule has 0 bridgehead atoms. The molecule has 2 aromatic heterocycles. The lowest BCUT2D eigenvalue weighted by Gasteiger charge is -2.33. The van der Waals surface area contributed by atoms with Crippen molar-refractivity contribution < 1.29 is 9.53 Å². The molecule has 122 valence electrons. The Bertz CT molecular complexity index is 844. The van der Waals surface area contributed by atoms with E-state index in [0.717, 1.165) is 29.6 Å². The van der Waals surface area contributed by atoms with Crippen molar-refractivity contribution in [2.45, 2.75) is 12.6 Å². The maximum atomic E-state index is 11.2. The zero-order chi connectivity index (χ0) is 16.4. The minimum atomic E-state index is 0.00505. The third-order valence-electron chi connectivity index (χ3n) is 4.45. The first-order valence-electron chi connectivity index (χ1n) is 7.97. The fourth-order valence-electron chi connectivity index (χ4n) is 3.11. The Morgan fingerprint density at radius 3 is 2.96 bits per heavy atom. The van der Waals surface area contributed by atoms with Crippen molar-refractivity contribution in [2.24, 2.45) is 0 Å². The molecule has 3 aromatic rings. The third kappa shape index (κ3) is 2.76. The van der Waals surface area contributed by atoms with Gasteiger partial charge in [0.15, 0.2) is 0 Å². The van der Waals surface area contributed by atoms with Crippen LogP contribution in [0.15, 0.2) is 49.1 Å². The lowest BCUT2D eigenvalue weighted by atomic mass is 10.0. The van der Waals surface area contributed by atoms with Crippen LogP contribution in [0, 0.1) is 0 Å². The van der Waals surface area contributed by atoms with Crippen molar-refractivity contribution in [1.29, 1.82) is 0 Å². The smallest absolute Gasteiger partial charge is 0.210 e. The Hall–Kier alpha value is -2.73. The van der Waals surface area contributed by atoms with Gasteiger partial charge in [0.25, 0.3) is 0 Å². The van der Waals surface area contributed by atoms with Crippen molar-refractivity contribution in [3.05, 3.63) is 60.2 Å². The Balaban J connectivity index is 1.54. The van der Waals surface area contributed by atoms with Crippen LogP contribution in [0.5, 0.6) is 0 Å². The highest BCUT2D eigenvalue weighted by Crippen LogP contribution is 2.23. The summed E-state index contributed by atoms with van der Waals surface area (Å²) in [6.45, 7) is 2.55. The molecule has 0 N–H and O–H groups in total. The van der Waals surface area contributed by atoms with Crippen molar-refractivity contribution in [3.8, 4) is 0 Å². The first-order chi connectivity index (χ1) is 11.8. The van der Waals surface area contributed by atoms with Crippen molar-refractivity contribution in [1.82, 2.24) is 19.4 Å². The molecule has 1 fully saturated rings. The fourth-order valence-corrected chi connectivity index (χ4v) is 3.11. The van der Waals surface area contributed by atoms with Gasteiger partial charge < -0.3 is 14.2 Å². The average molecular weight is 322 g/mol. The third-order valence-corrected chi connectivity index (χ3v) is 4.45. The van der Waals surface area contributed by atoms with Crippen LogP contribution in [0.4, 0.5) is 0 Å². The van der Waals surface area contributed by atoms with E-state index in [1.54, 1.807) is 17.3 Å². The maximum Gasteiger partial charge on any atom is 0.210 e. The highest BCUT2D eigenvalue weighted by atomic mass is 16.5. The minimum absolute atomic E-state index is 0.00505. The van der Waals surface area contributed by atoms with Gasteiger partial charge in [0, 0.05) is 19.3 Å². The normalized spacial score (nSPS) is 18.0. The number of imidazole rings is 1. The van der Waals surface area contributed by atoms with Gasteiger partial charge in [0.05, 0.1) is 37.3 Å². The largest absolute Gasteiger partial charge is 0.377 e. The molecule has 1 atom stereocenters. The summed E-state index contributed by atoms with van der Waals surface area (Å²) in [5.41, 5.74) is 4.26. The second kappa shape index (κ2) is 6.41. The van der Waals surface area contributed by atoms with Gasteiger partial charge in [-0.15, -0.1) is 0 Å². The quantitative estimate of drug-likeness (QED) is 0.690. The van der Waals surface area contributed by atoms with Crippen molar-refractivity contribution in [2.75, 3.05) is 19.8 Å². The molecule has 1 aliphatic heterocycles. The number of pyridine rings is 1. The monoisotopic (exact) mass is 322 g/mol. The number of morpholine rings is 1. The first-order valence-corrected chi connectivity index (χ1v) is 7.97. The topological polar surface area (TPSA) is 60.2 Å². The SMILES string of the molecule is O=CN1CCOCC1c1ccc(Cn2cnc3cnccc32)cc1. The Kier molecular flexibility index (Phi) is 3.96. The molecular formula is C18H18N4O2. The zero-order valence-corrected chi connectivity index (χ0v) is 13.2. The average Bonchev–Trinajstić information content (AvgIpc) is 3.05. The van der Waals surface area contributed by atoms with Crippen LogP contribution in [0.3, 0.4) is 0 Å². The maximum absolute atomic E-state index is 11.2. The summed E-state index contributed by atoms with van der Waals surface area (Å²) in [5, 5.41) is 0. The van der Waals surface area contributed by atoms with Crippen molar-refractivity contribution >= 4 is 17.4 Å². The Labute approximate surface area is 139 Å². The predicted molar refractivity (Wildman–Crippen MR) is 89.4 cm³/mol. The minimum Gasteiger partial charge on any atom is -0.377 e. The van der Waals surface area contributed by atoms with Gasteiger partial charge in [-0.25, -0.2) is 4.98 Å². The summed E-state index contributed by atoms with van der Waals surface area (Å²) in [6.07, 6.45) is 6.29. The molecule has 0 radical (unpaired) electrons. The number of carbonyl (C=O) groups is 1. The van der Waals surface area contributed by atoms with Gasteiger partial charge >= 0.3 is 0 Å². The van der Waals surface area contributed by atoms with E-state index in [0.29, 0.717) is 19.8 Å². The number of nitrogens with zero attached hydrogens (tertiary/aromatic N) is 4. The molecule has 1 amide bonds. The summed E-state index contributed by atoms with van der Waals surface area (Å²) in [7, 11) is 0. The summed E-state index contributed by atoms with van der Waals surface area (Å²) in [5.74, 6) is 0. The van der Waals surface area contributed by atoms with Gasteiger partial charge in [0.2, 0.25) is 6.41 Å². The van der Waals surface area contributed by atoms with Crippen LogP contribution in [0.1, 0.15) is 17.2 Å². The molecule has 1 unspecified atom stereocenters. The second-order valence-corrected chi connectivity index (χ2v) is 5.91. The van der Waals surface area contributed by atoms with E-state index >= 15 is 0 Å². The predicted octanol–water partition coefficient (Wildman–Crippen LogP) is 2.01. The van der Waals surface area contributed by atoms with Crippen molar-refractivity contribution in [3.63, 3.8) is 0 Å². The first kappa shape index (κ1) is 14.8. The van der Waals surface area contributed by atoms with Crippen LogP contribution < -0.4 is 0 Å². The summed E-state index contributed by atoms with van der Waals surface area (Å²) in [6, 6.07) is 10.3. The van der Waals surface area contributed by atoms with E-state index in [1.807, 2.05) is 12.4 Å². The number of hydrogen-bond donors (Lipinski definition) is 0. The van der Waals surface area contributed by atoms with Gasteiger partial charge in [0.1, 0.15) is 5.52 Å². The van der Waals surface area contributed by atoms with E-state index < -0.39 is 0 Å². The number of fused-ring (bicyclic) bond motifs is 1. The van der Waals surface area contributed by atoms with Gasteiger partial charge in [-0.1, -0.05) is 24.3 Å². The van der Waals surface area contributed by atoms with Crippen LogP contribution in [-0.2, 0) is 16.1 Å². The molecule has 0 saturated carbocycles.